The van der Waals surface area contributed by atoms with Gasteiger partial charge in [-0.15, -0.1) is 11.3 Å². The zero-order valence-corrected chi connectivity index (χ0v) is 14.6. The van der Waals surface area contributed by atoms with E-state index < -0.39 is 0 Å². The van der Waals surface area contributed by atoms with Crippen molar-refractivity contribution >= 4 is 32.6 Å². The first-order valence-corrected chi connectivity index (χ1v) is 8.58. The summed E-state index contributed by atoms with van der Waals surface area (Å²) in [5.41, 5.74) is 4.47. The molecule has 4 aromatic rings. The Bertz CT molecular complexity index is 1020. The number of aromatic nitrogens is 3. The van der Waals surface area contributed by atoms with Crippen LogP contribution in [0.4, 0.5) is 0 Å². The Labute approximate surface area is 139 Å². The molecular formula is C19H19N3S. The van der Waals surface area contributed by atoms with Crippen LogP contribution in [0.15, 0.2) is 42.5 Å². The lowest BCUT2D eigenvalue weighted by atomic mass is 9.98. The first-order chi connectivity index (χ1) is 10.9. The molecule has 0 N–H and O–H groups in total. The van der Waals surface area contributed by atoms with Gasteiger partial charge in [-0.1, -0.05) is 39.0 Å². The Balaban J connectivity index is 2.01. The van der Waals surface area contributed by atoms with E-state index >= 15 is 0 Å². The molecule has 0 fully saturated rings. The van der Waals surface area contributed by atoms with Crippen molar-refractivity contribution < 1.29 is 0 Å². The molecule has 0 amide bonds. The standard InChI is InChI=1S/C19H19N3S/c1-19(2,3)18-21-14-10-7-8-12(16(14)23-18)17-20-13-9-5-6-11-15(13)22(17)4/h5-11H,1-4H3. The predicted octanol–water partition coefficient (Wildman–Crippen LogP) is 5.15. The minimum atomic E-state index is 0.0628. The van der Waals surface area contributed by atoms with Crippen LogP contribution in [-0.4, -0.2) is 14.5 Å². The second-order valence-corrected chi connectivity index (χ2v) is 7.91. The maximum absolute atomic E-state index is 4.85. The van der Waals surface area contributed by atoms with E-state index in [0.29, 0.717) is 0 Å². The van der Waals surface area contributed by atoms with Gasteiger partial charge in [0.25, 0.3) is 0 Å². The quantitative estimate of drug-likeness (QED) is 0.485. The molecule has 0 spiro atoms. The molecule has 0 atom stereocenters. The topological polar surface area (TPSA) is 30.7 Å². The van der Waals surface area contributed by atoms with E-state index in [9.17, 15) is 0 Å². The van der Waals surface area contributed by atoms with Crippen LogP contribution >= 0.6 is 11.3 Å². The Hall–Kier alpha value is -2.20. The molecule has 3 nitrogen and oxygen atoms in total. The normalized spacial score (nSPS) is 12.3. The Morgan fingerprint density at radius 1 is 0.913 bits per heavy atom. The third kappa shape index (κ3) is 2.25. The van der Waals surface area contributed by atoms with E-state index in [0.717, 1.165) is 27.9 Å². The van der Waals surface area contributed by atoms with Gasteiger partial charge in [-0.05, 0) is 24.3 Å². The van der Waals surface area contributed by atoms with Gasteiger partial charge in [0.15, 0.2) is 0 Å². The van der Waals surface area contributed by atoms with Gasteiger partial charge in [-0.2, -0.15) is 0 Å². The molecular weight excluding hydrogens is 302 g/mol. The zero-order chi connectivity index (χ0) is 16.2. The number of benzene rings is 2. The van der Waals surface area contributed by atoms with Gasteiger partial charge in [-0.3, -0.25) is 0 Å². The summed E-state index contributed by atoms with van der Waals surface area (Å²) in [6.45, 7) is 6.62. The highest BCUT2D eigenvalue weighted by molar-refractivity contribution is 7.19. The van der Waals surface area contributed by atoms with Crippen LogP contribution in [0.5, 0.6) is 0 Å². The summed E-state index contributed by atoms with van der Waals surface area (Å²) in [5.74, 6) is 1.00. The molecule has 4 heteroatoms. The third-order valence-corrected chi connectivity index (χ3v) is 5.61. The molecule has 23 heavy (non-hydrogen) atoms. The number of imidazole rings is 1. The summed E-state index contributed by atoms with van der Waals surface area (Å²) in [4.78, 5) is 9.68. The van der Waals surface area contributed by atoms with Crippen molar-refractivity contribution in [3.05, 3.63) is 47.5 Å². The lowest BCUT2D eigenvalue weighted by Crippen LogP contribution is -2.09. The molecule has 0 saturated carbocycles. The van der Waals surface area contributed by atoms with Crippen molar-refractivity contribution in [2.24, 2.45) is 7.05 Å². The fourth-order valence-electron chi connectivity index (χ4n) is 2.83. The van der Waals surface area contributed by atoms with Crippen LogP contribution in [0, 0.1) is 0 Å². The second kappa shape index (κ2) is 4.90. The van der Waals surface area contributed by atoms with E-state index in [2.05, 4.69) is 68.8 Å². The maximum atomic E-state index is 4.85. The summed E-state index contributed by atoms with van der Waals surface area (Å²) in [5, 5.41) is 1.17. The van der Waals surface area contributed by atoms with Crippen LogP contribution in [0.25, 0.3) is 32.6 Å². The molecule has 2 heterocycles. The predicted molar refractivity (Wildman–Crippen MR) is 98.0 cm³/mol. The molecule has 116 valence electrons. The molecule has 2 aromatic carbocycles. The van der Waals surface area contributed by atoms with Crippen molar-refractivity contribution in [2.45, 2.75) is 26.2 Å². The lowest BCUT2D eigenvalue weighted by Gasteiger charge is -2.13. The molecule has 0 radical (unpaired) electrons. The highest BCUT2D eigenvalue weighted by Crippen LogP contribution is 2.37. The van der Waals surface area contributed by atoms with Crippen LogP contribution in [0.3, 0.4) is 0 Å². The van der Waals surface area contributed by atoms with Crippen LogP contribution < -0.4 is 0 Å². The van der Waals surface area contributed by atoms with E-state index in [1.807, 2.05) is 6.07 Å². The largest absolute Gasteiger partial charge is 0.327 e. The van der Waals surface area contributed by atoms with Crippen molar-refractivity contribution in [3.8, 4) is 11.4 Å². The number of para-hydroxylation sites is 2. The van der Waals surface area contributed by atoms with Crippen LogP contribution in [0.1, 0.15) is 25.8 Å². The first kappa shape index (κ1) is 14.4. The van der Waals surface area contributed by atoms with Gasteiger partial charge in [0, 0.05) is 18.0 Å². The smallest absolute Gasteiger partial charge is 0.142 e. The molecule has 4 rings (SSSR count). The fourth-order valence-corrected chi connectivity index (χ4v) is 3.96. The molecule has 0 saturated heterocycles. The molecule has 0 aliphatic carbocycles. The molecule has 2 aromatic heterocycles. The van der Waals surface area contributed by atoms with Gasteiger partial charge < -0.3 is 4.57 Å². The molecule has 0 unspecified atom stereocenters. The number of nitrogens with zero attached hydrogens (tertiary/aromatic N) is 3. The minimum Gasteiger partial charge on any atom is -0.327 e. The number of aryl methyl sites for hydroxylation is 1. The summed E-state index contributed by atoms with van der Waals surface area (Å²) in [6, 6.07) is 14.6. The summed E-state index contributed by atoms with van der Waals surface area (Å²) >= 11 is 1.78. The molecule has 0 aliphatic rings. The van der Waals surface area contributed by atoms with Crippen molar-refractivity contribution in [1.29, 1.82) is 0 Å². The van der Waals surface area contributed by atoms with Gasteiger partial charge in [0.1, 0.15) is 5.82 Å². The van der Waals surface area contributed by atoms with E-state index in [-0.39, 0.29) is 5.41 Å². The van der Waals surface area contributed by atoms with Gasteiger partial charge in [0.2, 0.25) is 0 Å². The second-order valence-electron chi connectivity index (χ2n) is 6.91. The summed E-state index contributed by atoms with van der Waals surface area (Å²) in [6.07, 6.45) is 0. The number of hydrogen-bond donors (Lipinski definition) is 0. The van der Waals surface area contributed by atoms with E-state index in [4.69, 9.17) is 9.97 Å². The summed E-state index contributed by atoms with van der Waals surface area (Å²) in [7, 11) is 2.08. The number of rotatable bonds is 1. The Morgan fingerprint density at radius 2 is 1.65 bits per heavy atom. The minimum absolute atomic E-state index is 0.0628. The lowest BCUT2D eigenvalue weighted by molar-refractivity contribution is 0.587. The third-order valence-electron chi connectivity index (χ3n) is 4.08. The summed E-state index contributed by atoms with van der Waals surface area (Å²) < 4.78 is 3.39. The number of thiazole rings is 1. The highest BCUT2D eigenvalue weighted by atomic mass is 32.1. The SMILES string of the molecule is Cn1c(-c2cccc3nc(C(C)(C)C)sc23)nc2ccccc21. The average Bonchev–Trinajstić information content (AvgIpc) is 3.09. The Morgan fingerprint density at radius 3 is 2.39 bits per heavy atom. The van der Waals surface area contributed by atoms with Gasteiger partial charge in [0.05, 0.1) is 26.3 Å². The Kier molecular flexibility index (Phi) is 3.07. The van der Waals surface area contributed by atoms with Crippen molar-refractivity contribution in [2.75, 3.05) is 0 Å². The van der Waals surface area contributed by atoms with Gasteiger partial charge in [-0.25, -0.2) is 9.97 Å². The molecule has 0 aliphatic heterocycles. The van der Waals surface area contributed by atoms with Gasteiger partial charge >= 0.3 is 0 Å². The highest BCUT2D eigenvalue weighted by Gasteiger charge is 2.21. The maximum Gasteiger partial charge on any atom is 0.142 e. The first-order valence-electron chi connectivity index (χ1n) is 7.77. The number of hydrogen-bond acceptors (Lipinski definition) is 3. The van der Waals surface area contributed by atoms with E-state index in [1.54, 1.807) is 11.3 Å². The van der Waals surface area contributed by atoms with Crippen LogP contribution in [-0.2, 0) is 12.5 Å². The number of fused-ring (bicyclic) bond motifs is 2. The van der Waals surface area contributed by atoms with E-state index in [1.165, 1.54) is 9.71 Å². The zero-order valence-electron chi connectivity index (χ0n) is 13.8. The fraction of sp³-hybridized carbons (Fsp3) is 0.263. The monoisotopic (exact) mass is 321 g/mol. The van der Waals surface area contributed by atoms with Crippen molar-refractivity contribution in [3.63, 3.8) is 0 Å². The molecule has 0 bridgehead atoms. The van der Waals surface area contributed by atoms with Crippen molar-refractivity contribution in [1.82, 2.24) is 14.5 Å². The van der Waals surface area contributed by atoms with Crippen LogP contribution in [0.2, 0.25) is 0 Å². The average molecular weight is 321 g/mol.